The molecular weight excluding hydrogens is 154 g/mol. The van der Waals surface area contributed by atoms with E-state index in [9.17, 15) is 4.79 Å². The molecule has 1 saturated carbocycles. The number of fused-ring (bicyclic) bond motifs is 2. The molecule has 0 aliphatic heterocycles. The van der Waals surface area contributed by atoms with Crippen molar-refractivity contribution in [2.24, 2.45) is 23.5 Å². The van der Waals surface area contributed by atoms with Crippen LogP contribution in [-0.2, 0) is 9.53 Å². The van der Waals surface area contributed by atoms with E-state index in [2.05, 4.69) is 12.2 Å². The van der Waals surface area contributed by atoms with Crippen LogP contribution in [0.3, 0.4) is 0 Å². The van der Waals surface area contributed by atoms with E-state index in [1.165, 1.54) is 7.11 Å². The highest BCUT2D eigenvalue weighted by Crippen LogP contribution is 2.42. The standard InChI is InChI=1S/C9H13NO2/c1-12-9(11)7-5-2-3-6(4-5)8(7)10/h2-3,5-8H,4,10H2,1H3/t5-,6+,7+,8-/m0/s1. The Labute approximate surface area is 71.6 Å². The molecule has 0 spiro atoms. The van der Waals surface area contributed by atoms with Crippen molar-refractivity contribution in [3.05, 3.63) is 12.2 Å². The SMILES string of the molecule is COC(=O)[C@H]1[C@@H](N)[C@@H]2C=C[C@H]1C2. The normalized spacial score (nSPS) is 43.5. The van der Waals surface area contributed by atoms with Gasteiger partial charge in [0.15, 0.2) is 0 Å². The monoisotopic (exact) mass is 167 g/mol. The van der Waals surface area contributed by atoms with Gasteiger partial charge in [-0.1, -0.05) is 12.2 Å². The summed E-state index contributed by atoms with van der Waals surface area (Å²) < 4.78 is 4.70. The van der Waals surface area contributed by atoms with Crippen molar-refractivity contribution in [3.8, 4) is 0 Å². The van der Waals surface area contributed by atoms with Gasteiger partial charge in [-0.2, -0.15) is 0 Å². The molecule has 0 unspecified atom stereocenters. The summed E-state index contributed by atoms with van der Waals surface area (Å²) in [5.41, 5.74) is 5.89. The first-order valence-electron chi connectivity index (χ1n) is 4.26. The Morgan fingerprint density at radius 2 is 2.17 bits per heavy atom. The van der Waals surface area contributed by atoms with E-state index in [1.807, 2.05) is 0 Å². The first-order valence-corrected chi connectivity index (χ1v) is 4.26. The number of rotatable bonds is 1. The van der Waals surface area contributed by atoms with Crippen LogP contribution >= 0.6 is 0 Å². The third-order valence-electron chi connectivity index (χ3n) is 2.99. The van der Waals surface area contributed by atoms with Crippen molar-refractivity contribution in [1.82, 2.24) is 0 Å². The number of methoxy groups -OCH3 is 1. The van der Waals surface area contributed by atoms with Gasteiger partial charge in [-0.05, 0) is 18.3 Å². The first-order chi connectivity index (χ1) is 5.74. The van der Waals surface area contributed by atoms with Crippen LogP contribution in [0.25, 0.3) is 0 Å². The molecule has 2 bridgehead atoms. The summed E-state index contributed by atoms with van der Waals surface area (Å²) in [6, 6.07) is -0.0209. The van der Waals surface area contributed by atoms with E-state index in [1.54, 1.807) is 0 Å². The summed E-state index contributed by atoms with van der Waals surface area (Å²) in [5.74, 6) is 0.487. The predicted molar refractivity (Wildman–Crippen MR) is 44.2 cm³/mol. The Hall–Kier alpha value is -0.830. The fourth-order valence-corrected chi connectivity index (χ4v) is 2.33. The van der Waals surface area contributed by atoms with E-state index in [4.69, 9.17) is 10.5 Å². The van der Waals surface area contributed by atoms with Gasteiger partial charge in [0, 0.05) is 6.04 Å². The van der Waals surface area contributed by atoms with Gasteiger partial charge in [0.25, 0.3) is 0 Å². The summed E-state index contributed by atoms with van der Waals surface area (Å²) in [4.78, 5) is 11.3. The Bertz CT molecular complexity index is 237. The van der Waals surface area contributed by atoms with E-state index in [-0.39, 0.29) is 17.9 Å². The van der Waals surface area contributed by atoms with Crippen LogP contribution in [0.2, 0.25) is 0 Å². The summed E-state index contributed by atoms with van der Waals surface area (Å²) in [5, 5.41) is 0. The Morgan fingerprint density at radius 3 is 2.67 bits per heavy atom. The van der Waals surface area contributed by atoms with Gasteiger partial charge in [-0.25, -0.2) is 0 Å². The molecule has 3 nitrogen and oxygen atoms in total. The number of hydrogen-bond acceptors (Lipinski definition) is 3. The van der Waals surface area contributed by atoms with Crippen LogP contribution in [0.15, 0.2) is 12.2 Å². The zero-order valence-corrected chi connectivity index (χ0v) is 7.07. The highest BCUT2D eigenvalue weighted by Gasteiger charge is 2.46. The molecule has 0 aromatic rings. The third kappa shape index (κ3) is 0.894. The first kappa shape index (κ1) is 7.80. The van der Waals surface area contributed by atoms with Gasteiger partial charge in [-0.3, -0.25) is 4.79 Å². The molecule has 0 aromatic carbocycles. The summed E-state index contributed by atoms with van der Waals surface area (Å²) in [6.07, 6.45) is 5.24. The molecule has 1 fully saturated rings. The highest BCUT2D eigenvalue weighted by atomic mass is 16.5. The van der Waals surface area contributed by atoms with E-state index < -0.39 is 0 Å². The van der Waals surface area contributed by atoms with Crippen molar-refractivity contribution >= 4 is 5.97 Å². The van der Waals surface area contributed by atoms with E-state index in [0.29, 0.717) is 11.8 Å². The number of carbonyl (C=O) groups is 1. The Balaban J connectivity index is 2.18. The topological polar surface area (TPSA) is 52.3 Å². The van der Waals surface area contributed by atoms with Gasteiger partial charge < -0.3 is 10.5 Å². The van der Waals surface area contributed by atoms with E-state index >= 15 is 0 Å². The van der Waals surface area contributed by atoms with Crippen molar-refractivity contribution in [2.75, 3.05) is 7.11 Å². The molecule has 2 aliphatic carbocycles. The fourth-order valence-electron chi connectivity index (χ4n) is 2.33. The molecule has 4 atom stereocenters. The molecule has 0 saturated heterocycles. The van der Waals surface area contributed by atoms with Gasteiger partial charge in [0.2, 0.25) is 0 Å². The zero-order chi connectivity index (χ0) is 8.72. The van der Waals surface area contributed by atoms with E-state index in [0.717, 1.165) is 6.42 Å². The van der Waals surface area contributed by atoms with Gasteiger partial charge >= 0.3 is 5.97 Å². The molecule has 3 heteroatoms. The molecule has 2 rings (SSSR count). The summed E-state index contributed by atoms with van der Waals surface area (Å²) >= 11 is 0. The smallest absolute Gasteiger partial charge is 0.310 e. The van der Waals surface area contributed by atoms with Crippen molar-refractivity contribution in [3.63, 3.8) is 0 Å². The number of ether oxygens (including phenoxy) is 1. The second kappa shape index (κ2) is 2.59. The number of hydrogen-bond donors (Lipinski definition) is 1. The lowest BCUT2D eigenvalue weighted by Gasteiger charge is -2.21. The molecule has 0 heterocycles. The number of allylic oxidation sites excluding steroid dienone is 1. The van der Waals surface area contributed by atoms with Gasteiger partial charge in [-0.15, -0.1) is 0 Å². The number of nitrogens with two attached hydrogens (primary N) is 1. The molecule has 2 N–H and O–H groups in total. The minimum atomic E-state index is -0.153. The zero-order valence-electron chi connectivity index (χ0n) is 7.07. The molecule has 12 heavy (non-hydrogen) atoms. The Morgan fingerprint density at radius 1 is 1.50 bits per heavy atom. The molecule has 2 aliphatic rings. The second-order valence-electron chi connectivity index (χ2n) is 3.57. The quantitative estimate of drug-likeness (QED) is 0.451. The van der Waals surface area contributed by atoms with Crippen LogP contribution in [0, 0.1) is 17.8 Å². The van der Waals surface area contributed by atoms with Crippen LogP contribution in [0.4, 0.5) is 0 Å². The lowest BCUT2D eigenvalue weighted by Crippen LogP contribution is -2.39. The fraction of sp³-hybridized carbons (Fsp3) is 0.667. The Kier molecular flexibility index (Phi) is 1.68. The summed E-state index contributed by atoms with van der Waals surface area (Å²) in [7, 11) is 1.42. The van der Waals surface area contributed by atoms with Crippen molar-refractivity contribution in [1.29, 1.82) is 0 Å². The third-order valence-corrected chi connectivity index (χ3v) is 2.99. The number of esters is 1. The largest absolute Gasteiger partial charge is 0.469 e. The lowest BCUT2D eigenvalue weighted by molar-refractivity contribution is -0.146. The maximum atomic E-state index is 11.3. The average molecular weight is 167 g/mol. The minimum Gasteiger partial charge on any atom is -0.469 e. The molecule has 0 radical (unpaired) electrons. The van der Waals surface area contributed by atoms with Crippen LogP contribution in [0.5, 0.6) is 0 Å². The summed E-state index contributed by atoms with van der Waals surface area (Å²) in [6.45, 7) is 0. The van der Waals surface area contributed by atoms with Gasteiger partial charge in [0.1, 0.15) is 0 Å². The molecule has 0 aromatic heterocycles. The van der Waals surface area contributed by atoms with Gasteiger partial charge in [0.05, 0.1) is 13.0 Å². The van der Waals surface area contributed by atoms with Crippen molar-refractivity contribution < 1.29 is 9.53 Å². The lowest BCUT2D eigenvalue weighted by atomic mass is 9.90. The molecule has 66 valence electrons. The second-order valence-corrected chi connectivity index (χ2v) is 3.57. The predicted octanol–water partition coefficient (Wildman–Crippen LogP) is 0.309. The van der Waals surface area contributed by atoms with Crippen LogP contribution in [0.1, 0.15) is 6.42 Å². The maximum Gasteiger partial charge on any atom is 0.310 e. The van der Waals surface area contributed by atoms with Crippen LogP contribution in [-0.4, -0.2) is 19.1 Å². The highest BCUT2D eigenvalue weighted by molar-refractivity contribution is 5.75. The number of carbonyl (C=O) groups excluding carboxylic acids is 1. The maximum absolute atomic E-state index is 11.3. The average Bonchev–Trinajstić information content (AvgIpc) is 2.63. The van der Waals surface area contributed by atoms with Crippen LogP contribution < -0.4 is 5.73 Å². The minimum absolute atomic E-state index is 0.0209. The molecular formula is C9H13NO2. The van der Waals surface area contributed by atoms with Crippen molar-refractivity contribution in [2.45, 2.75) is 12.5 Å². The molecule has 0 amide bonds.